The molecule has 0 bridgehead atoms. The predicted molar refractivity (Wildman–Crippen MR) is 162 cm³/mol. The standard InChI is InChI=1S/C33H39N3O6/c1-39-17-9-15-36(33(38)26-18-27(40-2)20-28(19-26)41-3)23-32(37)35(22-25-10-5-8-13-31(25)42-4)16-14-24-21-34-30-12-7-6-11-29(24)30/h5-8,10-13,18-21,34H,9,14-17,22-23H2,1-4H3. The maximum atomic E-state index is 14.0. The summed E-state index contributed by atoms with van der Waals surface area (Å²) < 4.78 is 21.5. The number of ether oxygens (including phenoxy) is 4. The van der Waals surface area contributed by atoms with E-state index in [9.17, 15) is 9.59 Å². The van der Waals surface area contributed by atoms with Gasteiger partial charge in [-0.1, -0.05) is 36.4 Å². The van der Waals surface area contributed by atoms with E-state index in [-0.39, 0.29) is 18.4 Å². The SMILES string of the molecule is COCCCN(CC(=O)N(CCc1c[nH]c2ccccc12)Cc1ccccc1OC)C(=O)c1cc(OC)cc(OC)c1. The Morgan fingerprint density at radius 3 is 2.21 bits per heavy atom. The third-order valence-corrected chi connectivity index (χ3v) is 7.22. The quantitative estimate of drug-likeness (QED) is 0.203. The van der Waals surface area contributed by atoms with Crippen molar-refractivity contribution in [1.82, 2.24) is 14.8 Å². The molecule has 0 aliphatic rings. The number of fused-ring (bicyclic) bond motifs is 1. The normalized spacial score (nSPS) is 10.9. The van der Waals surface area contributed by atoms with Gasteiger partial charge >= 0.3 is 0 Å². The van der Waals surface area contributed by atoms with Crippen LogP contribution in [-0.4, -0.2) is 81.3 Å². The fraction of sp³-hybridized carbons (Fsp3) is 0.333. The Balaban J connectivity index is 1.60. The van der Waals surface area contributed by atoms with E-state index < -0.39 is 0 Å². The molecule has 1 heterocycles. The van der Waals surface area contributed by atoms with Gasteiger partial charge in [-0.15, -0.1) is 0 Å². The molecule has 0 radical (unpaired) electrons. The Kier molecular flexibility index (Phi) is 10.8. The number of rotatable bonds is 15. The van der Waals surface area contributed by atoms with E-state index in [1.165, 1.54) is 14.2 Å². The molecule has 0 unspecified atom stereocenters. The van der Waals surface area contributed by atoms with E-state index in [2.05, 4.69) is 11.1 Å². The lowest BCUT2D eigenvalue weighted by atomic mass is 10.1. The maximum absolute atomic E-state index is 14.0. The van der Waals surface area contributed by atoms with Crippen LogP contribution in [0.25, 0.3) is 10.9 Å². The molecule has 4 aromatic rings. The molecule has 0 saturated heterocycles. The number of hydrogen-bond acceptors (Lipinski definition) is 6. The van der Waals surface area contributed by atoms with Crippen molar-refractivity contribution in [2.24, 2.45) is 0 Å². The molecule has 3 aromatic carbocycles. The van der Waals surface area contributed by atoms with Crippen LogP contribution in [0.4, 0.5) is 0 Å². The molecule has 0 fully saturated rings. The van der Waals surface area contributed by atoms with Crippen LogP contribution in [0.15, 0.2) is 72.9 Å². The second-order valence-electron chi connectivity index (χ2n) is 9.91. The number of carbonyl (C=O) groups is 2. The summed E-state index contributed by atoms with van der Waals surface area (Å²) in [7, 11) is 6.30. The summed E-state index contributed by atoms with van der Waals surface area (Å²) >= 11 is 0. The number of carbonyl (C=O) groups excluding carboxylic acids is 2. The highest BCUT2D eigenvalue weighted by Gasteiger charge is 2.24. The molecule has 1 aromatic heterocycles. The molecule has 0 spiro atoms. The maximum Gasteiger partial charge on any atom is 0.254 e. The fourth-order valence-corrected chi connectivity index (χ4v) is 4.95. The molecule has 0 aliphatic carbocycles. The van der Waals surface area contributed by atoms with Gasteiger partial charge in [-0.05, 0) is 42.7 Å². The van der Waals surface area contributed by atoms with E-state index in [0.717, 1.165) is 22.0 Å². The number of para-hydroxylation sites is 2. The predicted octanol–water partition coefficient (Wildman–Crippen LogP) is 4.94. The molecule has 0 aliphatic heterocycles. The highest BCUT2D eigenvalue weighted by atomic mass is 16.5. The van der Waals surface area contributed by atoms with Gasteiger partial charge in [0.05, 0.1) is 21.3 Å². The Morgan fingerprint density at radius 2 is 1.50 bits per heavy atom. The zero-order valence-corrected chi connectivity index (χ0v) is 24.7. The van der Waals surface area contributed by atoms with Gasteiger partial charge in [-0.25, -0.2) is 0 Å². The summed E-state index contributed by atoms with van der Waals surface area (Å²) in [6.07, 6.45) is 3.22. The van der Waals surface area contributed by atoms with Gasteiger partial charge in [0.2, 0.25) is 5.91 Å². The molecule has 9 nitrogen and oxygen atoms in total. The van der Waals surface area contributed by atoms with Crippen LogP contribution >= 0.6 is 0 Å². The Bertz CT molecular complexity index is 1460. The molecule has 0 saturated carbocycles. The highest BCUT2D eigenvalue weighted by Crippen LogP contribution is 2.25. The number of amides is 2. The number of aromatic nitrogens is 1. The largest absolute Gasteiger partial charge is 0.497 e. The fourth-order valence-electron chi connectivity index (χ4n) is 4.95. The molecular formula is C33H39N3O6. The minimum absolute atomic E-state index is 0.0922. The first-order valence-corrected chi connectivity index (χ1v) is 13.9. The second kappa shape index (κ2) is 14.9. The van der Waals surface area contributed by atoms with Gasteiger partial charge in [-0.3, -0.25) is 9.59 Å². The summed E-state index contributed by atoms with van der Waals surface area (Å²) in [6, 6.07) is 20.8. The van der Waals surface area contributed by atoms with Crippen molar-refractivity contribution in [2.45, 2.75) is 19.4 Å². The third-order valence-electron chi connectivity index (χ3n) is 7.22. The van der Waals surface area contributed by atoms with Gasteiger partial charge in [0.1, 0.15) is 23.8 Å². The number of nitrogens with zero attached hydrogens (tertiary/aromatic N) is 2. The van der Waals surface area contributed by atoms with Gasteiger partial charge < -0.3 is 33.7 Å². The van der Waals surface area contributed by atoms with Crippen molar-refractivity contribution in [3.8, 4) is 17.2 Å². The number of methoxy groups -OCH3 is 4. The number of benzene rings is 3. The van der Waals surface area contributed by atoms with Crippen LogP contribution in [0.2, 0.25) is 0 Å². The first kappa shape index (κ1) is 30.5. The number of nitrogens with one attached hydrogen (secondary N) is 1. The van der Waals surface area contributed by atoms with Crippen molar-refractivity contribution in [3.63, 3.8) is 0 Å². The van der Waals surface area contributed by atoms with Gasteiger partial charge in [0, 0.05) is 67.6 Å². The summed E-state index contributed by atoms with van der Waals surface area (Å²) in [5.74, 6) is 1.25. The minimum Gasteiger partial charge on any atom is -0.497 e. The van der Waals surface area contributed by atoms with Crippen molar-refractivity contribution in [3.05, 3.63) is 89.6 Å². The molecular weight excluding hydrogens is 534 g/mol. The molecule has 2 amide bonds. The van der Waals surface area contributed by atoms with Crippen LogP contribution in [0, 0.1) is 0 Å². The zero-order chi connectivity index (χ0) is 29.9. The molecule has 1 N–H and O–H groups in total. The van der Waals surface area contributed by atoms with Crippen LogP contribution in [-0.2, 0) is 22.5 Å². The summed E-state index contributed by atoms with van der Waals surface area (Å²) in [5, 5.41) is 1.13. The molecule has 0 atom stereocenters. The second-order valence-corrected chi connectivity index (χ2v) is 9.91. The van der Waals surface area contributed by atoms with Crippen molar-refractivity contribution >= 4 is 22.7 Å². The van der Waals surface area contributed by atoms with E-state index in [0.29, 0.717) is 61.9 Å². The van der Waals surface area contributed by atoms with E-state index in [1.54, 1.807) is 42.2 Å². The molecule has 9 heteroatoms. The number of H-pyrrole nitrogens is 1. The Morgan fingerprint density at radius 1 is 0.786 bits per heavy atom. The van der Waals surface area contributed by atoms with E-state index in [4.69, 9.17) is 18.9 Å². The minimum atomic E-state index is -0.287. The van der Waals surface area contributed by atoms with E-state index in [1.807, 2.05) is 48.7 Å². The smallest absolute Gasteiger partial charge is 0.254 e. The van der Waals surface area contributed by atoms with Crippen LogP contribution in [0.3, 0.4) is 0 Å². The number of aromatic amines is 1. The average Bonchev–Trinajstić information content (AvgIpc) is 3.45. The van der Waals surface area contributed by atoms with Crippen LogP contribution < -0.4 is 14.2 Å². The van der Waals surface area contributed by atoms with E-state index >= 15 is 0 Å². The molecule has 42 heavy (non-hydrogen) atoms. The summed E-state index contributed by atoms with van der Waals surface area (Å²) in [6.45, 7) is 1.53. The first-order chi connectivity index (χ1) is 20.5. The Hall–Kier alpha value is -4.50. The van der Waals surface area contributed by atoms with Crippen molar-refractivity contribution in [1.29, 1.82) is 0 Å². The average molecular weight is 574 g/mol. The first-order valence-electron chi connectivity index (χ1n) is 13.9. The lowest BCUT2D eigenvalue weighted by Gasteiger charge is -2.28. The van der Waals surface area contributed by atoms with Gasteiger partial charge in [-0.2, -0.15) is 0 Å². The van der Waals surface area contributed by atoms with Gasteiger partial charge in [0.25, 0.3) is 5.91 Å². The lowest BCUT2D eigenvalue weighted by molar-refractivity contribution is -0.132. The zero-order valence-electron chi connectivity index (χ0n) is 24.7. The lowest BCUT2D eigenvalue weighted by Crippen LogP contribution is -2.44. The van der Waals surface area contributed by atoms with Crippen LogP contribution in [0.5, 0.6) is 17.2 Å². The van der Waals surface area contributed by atoms with Crippen molar-refractivity contribution in [2.75, 3.05) is 54.7 Å². The topological polar surface area (TPSA) is 93.3 Å². The number of hydrogen-bond donors (Lipinski definition) is 1. The van der Waals surface area contributed by atoms with Crippen molar-refractivity contribution < 1.29 is 28.5 Å². The van der Waals surface area contributed by atoms with Gasteiger partial charge in [0.15, 0.2) is 0 Å². The Labute approximate surface area is 246 Å². The monoisotopic (exact) mass is 573 g/mol. The van der Waals surface area contributed by atoms with Crippen LogP contribution in [0.1, 0.15) is 27.9 Å². The third kappa shape index (κ3) is 7.61. The summed E-state index contributed by atoms with van der Waals surface area (Å²) in [4.78, 5) is 34.4. The summed E-state index contributed by atoms with van der Waals surface area (Å²) in [5.41, 5.74) is 3.45. The highest BCUT2D eigenvalue weighted by molar-refractivity contribution is 5.97. The molecule has 222 valence electrons. The molecule has 4 rings (SSSR count).